The molecule has 1 aromatic heterocycles. The Kier molecular flexibility index (Phi) is 7.96. The molecular formula is C16H20BSY-. The Morgan fingerprint density at radius 2 is 2.21 bits per heavy atom. The van der Waals surface area contributed by atoms with E-state index >= 15 is 0 Å². The van der Waals surface area contributed by atoms with Gasteiger partial charge in [-0.3, -0.25) is 0 Å². The minimum absolute atomic E-state index is 0. The molecule has 1 heterocycles. The van der Waals surface area contributed by atoms with Crippen LogP contribution in [-0.4, -0.2) is 7.85 Å². The molecule has 0 bridgehead atoms. The summed E-state index contributed by atoms with van der Waals surface area (Å²) in [7, 11) is 5.42. The Bertz CT molecular complexity index is 418. The van der Waals surface area contributed by atoms with Gasteiger partial charge in [0, 0.05) is 38.6 Å². The number of thiophene rings is 1. The fourth-order valence-corrected chi connectivity index (χ4v) is 4.08. The van der Waals surface area contributed by atoms with E-state index in [4.69, 9.17) is 7.85 Å². The van der Waals surface area contributed by atoms with E-state index in [1.165, 1.54) is 30.6 Å². The summed E-state index contributed by atoms with van der Waals surface area (Å²) in [6, 6.07) is 4.20. The van der Waals surface area contributed by atoms with Gasteiger partial charge < -0.3 is 11.3 Å². The molecule has 0 aromatic carbocycles. The molecule has 3 heteroatoms. The van der Waals surface area contributed by atoms with E-state index in [9.17, 15) is 0 Å². The van der Waals surface area contributed by atoms with E-state index in [0.717, 1.165) is 11.8 Å². The molecule has 1 aliphatic rings. The van der Waals surface area contributed by atoms with Gasteiger partial charge in [-0.25, -0.2) is 6.07 Å². The van der Waals surface area contributed by atoms with Gasteiger partial charge in [-0.05, 0) is 30.6 Å². The third-order valence-electron chi connectivity index (χ3n) is 4.29. The van der Waals surface area contributed by atoms with Gasteiger partial charge in [0.15, 0.2) is 7.85 Å². The van der Waals surface area contributed by atoms with Crippen LogP contribution >= 0.6 is 11.3 Å². The summed E-state index contributed by atoms with van der Waals surface area (Å²) in [6.45, 7) is 4.69. The summed E-state index contributed by atoms with van der Waals surface area (Å²) in [4.78, 5) is 1.45. The second-order valence-electron chi connectivity index (χ2n) is 5.58. The van der Waals surface area contributed by atoms with Gasteiger partial charge in [0.1, 0.15) is 0 Å². The summed E-state index contributed by atoms with van der Waals surface area (Å²) >= 11 is 1.74. The van der Waals surface area contributed by atoms with Crippen molar-refractivity contribution < 1.29 is 32.7 Å². The normalized spacial score (nSPS) is 29.4. The SMILES string of the molecule is [B]C#CC1C(C)CC(C)C1CCCc1cc[c-]s1.[Y]. The van der Waals surface area contributed by atoms with Crippen LogP contribution in [0.3, 0.4) is 0 Å². The van der Waals surface area contributed by atoms with E-state index in [2.05, 4.69) is 37.0 Å². The molecule has 0 N–H and O–H groups in total. The maximum Gasteiger partial charge on any atom is 0.187 e. The molecule has 3 radical (unpaired) electrons. The zero-order chi connectivity index (χ0) is 13.0. The van der Waals surface area contributed by atoms with Crippen molar-refractivity contribution in [3.05, 3.63) is 22.4 Å². The third kappa shape index (κ3) is 4.73. The van der Waals surface area contributed by atoms with Crippen molar-refractivity contribution in [2.45, 2.75) is 39.5 Å². The smallest absolute Gasteiger partial charge is 0.187 e. The molecule has 0 saturated heterocycles. The van der Waals surface area contributed by atoms with Gasteiger partial charge in [0.25, 0.3) is 0 Å². The fourth-order valence-electron chi connectivity index (χ4n) is 3.41. The number of aryl methyl sites for hydroxylation is 1. The van der Waals surface area contributed by atoms with Gasteiger partial charge in [-0.15, -0.1) is 16.2 Å². The molecule has 1 saturated carbocycles. The fraction of sp³-hybridized carbons (Fsp3) is 0.625. The van der Waals surface area contributed by atoms with Crippen LogP contribution in [0.2, 0.25) is 0 Å². The zero-order valence-electron chi connectivity index (χ0n) is 11.9. The molecule has 1 fully saturated rings. The monoisotopic (exact) mass is 344 g/mol. The topological polar surface area (TPSA) is 0 Å². The molecule has 4 unspecified atom stereocenters. The van der Waals surface area contributed by atoms with Crippen molar-refractivity contribution in [2.75, 3.05) is 0 Å². The molecule has 0 nitrogen and oxygen atoms in total. The number of hydrogen-bond acceptors (Lipinski definition) is 1. The molecule has 4 atom stereocenters. The second-order valence-corrected chi connectivity index (χ2v) is 6.54. The Morgan fingerprint density at radius 3 is 2.84 bits per heavy atom. The average Bonchev–Trinajstić information content (AvgIpc) is 2.92. The van der Waals surface area contributed by atoms with Crippen LogP contribution in [-0.2, 0) is 39.1 Å². The minimum Gasteiger partial charge on any atom is -0.300 e. The van der Waals surface area contributed by atoms with Crippen molar-refractivity contribution in [2.24, 2.45) is 23.7 Å². The van der Waals surface area contributed by atoms with Crippen molar-refractivity contribution in [1.82, 2.24) is 0 Å². The van der Waals surface area contributed by atoms with E-state index < -0.39 is 0 Å². The quantitative estimate of drug-likeness (QED) is 0.441. The molecule has 0 amide bonds. The maximum absolute atomic E-state index is 5.42. The molecule has 2 rings (SSSR count). The van der Waals surface area contributed by atoms with Crippen LogP contribution in [0.5, 0.6) is 0 Å². The Labute approximate surface area is 148 Å². The molecule has 1 aromatic rings. The first kappa shape index (κ1) is 17.5. The molecule has 1 aliphatic carbocycles. The first-order chi connectivity index (χ1) is 8.72. The van der Waals surface area contributed by atoms with Crippen LogP contribution in [0, 0.1) is 40.8 Å². The van der Waals surface area contributed by atoms with Crippen molar-refractivity contribution in [1.29, 1.82) is 0 Å². The van der Waals surface area contributed by atoms with Crippen molar-refractivity contribution in [3.63, 3.8) is 0 Å². The van der Waals surface area contributed by atoms with Gasteiger partial charge >= 0.3 is 0 Å². The van der Waals surface area contributed by atoms with E-state index in [1.54, 1.807) is 11.3 Å². The Morgan fingerprint density at radius 1 is 1.42 bits per heavy atom. The minimum atomic E-state index is 0. The van der Waals surface area contributed by atoms with E-state index in [0.29, 0.717) is 11.8 Å². The Hall–Kier alpha value is 0.429. The van der Waals surface area contributed by atoms with E-state index in [-0.39, 0.29) is 32.7 Å². The maximum atomic E-state index is 5.42. The zero-order valence-corrected chi connectivity index (χ0v) is 15.5. The van der Waals surface area contributed by atoms with Crippen LogP contribution in [0.4, 0.5) is 0 Å². The Balaban J connectivity index is 0.00000180. The molecule has 97 valence electrons. The van der Waals surface area contributed by atoms with E-state index in [1.807, 2.05) is 6.07 Å². The van der Waals surface area contributed by atoms with Crippen LogP contribution in [0.15, 0.2) is 12.1 Å². The largest absolute Gasteiger partial charge is 0.300 e. The molecule has 0 aliphatic heterocycles. The molecule has 0 spiro atoms. The summed E-state index contributed by atoms with van der Waals surface area (Å²) in [6.07, 6.45) is 5.03. The predicted octanol–water partition coefficient (Wildman–Crippen LogP) is 3.91. The number of hydrogen-bond donors (Lipinski definition) is 0. The van der Waals surface area contributed by atoms with Gasteiger partial charge in [-0.2, -0.15) is 11.9 Å². The standard InChI is InChI=1S/C16H20BS.Y/c1-12-11-13(2)16(8-9-17)15(12)7-3-5-14-6-4-10-18-14;/h4,6,12-13,15-16H,3,5,7,11H2,1-2H3;/q-1;. The third-order valence-corrected chi connectivity index (χ3v) is 5.14. The van der Waals surface area contributed by atoms with Gasteiger partial charge in [-0.1, -0.05) is 26.7 Å². The molecular weight excluding hydrogens is 324 g/mol. The van der Waals surface area contributed by atoms with Crippen molar-refractivity contribution >= 4 is 19.2 Å². The summed E-state index contributed by atoms with van der Waals surface area (Å²) in [5.74, 6) is 8.63. The van der Waals surface area contributed by atoms with Crippen LogP contribution in [0.1, 0.15) is 38.0 Å². The van der Waals surface area contributed by atoms with Gasteiger partial charge in [0.05, 0.1) is 0 Å². The first-order valence-electron chi connectivity index (χ1n) is 6.88. The van der Waals surface area contributed by atoms with Gasteiger partial charge in [0.2, 0.25) is 0 Å². The predicted molar refractivity (Wildman–Crippen MR) is 79.5 cm³/mol. The van der Waals surface area contributed by atoms with Crippen molar-refractivity contribution in [3.8, 4) is 11.7 Å². The first-order valence-corrected chi connectivity index (χ1v) is 7.70. The molecule has 19 heavy (non-hydrogen) atoms. The summed E-state index contributed by atoms with van der Waals surface area (Å²) in [5.41, 5.74) is 0. The number of rotatable bonds is 4. The van der Waals surface area contributed by atoms with Crippen LogP contribution < -0.4 is 0 Å². The van der Waals surface area contributed by atoms with Crippen LogP contribution in [0.25, 0.3) is 0 Å². The average molecular weight is 344 g/mol. The second kappa shape index (κ2) is 8.66. The summed E-state index contributed by atoms with van der Waals surface area (Å²) in [5, 5.41) is 3.16. The summed E-state index contributed by atoms with van der Waals surface area (Å²) < 4.78 is 0.